The van der Waals surface area contributed by atoms with E-state index in [1.807, 2.05) is 53.7 Å². The molecule has 0 amide bonds. The summed E-state index contributed by atoms with van der Waals surface area (Å²) in [7, 11) is 0. The molecule has 0 spiro atoms. The van der Waals surface area contributed by atoms with Gasteiger partial charge in [0.15, 0.2) is 0 Å². The Labute approximate surface area is 240 Å². The molecule has 1 unspecified atom stereocenters. The van der Waals surface area contributed by atoms with Crippen LogP contribution in [0.3, 0.4) is 0 Å². The first-order valence-electron chi connectivity index (χ1n) is 15.9. The van der Waals surface area contributed by atoms with Gasteiger partial charge in [-0.1, -0.05) is 150 Å². The number of phenolic OH excluding ortho intramolecular Hbond substituents is 1. The van der Waals surface area contributed by atoms with Crippen molar-refractivity contribution in [2.24, 2.45) is 5.92 Å². The van der Waals surface area contributed by atoms with Crippen LogP contribution in [0.1, 0.15) is 168 Å². The third-order valence-corrected chi connectivity index (χ3v) is 7.94. The lowest BCUT2D eigenvalue weighted by Crippen LogP contribution is -2.26. The standard InChI is InChI=1S/C35H60O4/c1-8-9-10-11-12-13-14-15-16-17-18-19-20-21-22-23-31(36)28(33(38)39)24-27-25-29(34(2,3)4)32(37)30(26-27)35(5,6)7/h25-26,28,37H,8-24H2,1-7H3,(H,38,39). The third-order valence-electron chi connectivity index (χ3n) is 7.94. The van der Waals surface area contributed by atoms with Crippen LogP contribution in [-0.4, -0.2) is 22.0 Å². The van der Waals surface area contributed by atoms with Crippen molar-refractivity contribution in [3.63, 3.8) is 0 Å². The number of carboxylic acids is 1. The molecule has 0 fully saturated rings. The zero-order valence-electron chi connectivity index (χ0n) is 26.5. The number of Topliss-reactive ketones (excluding diaryl/α,β-unsaturated/α-hetero) is 1. The molecule has 224 valence electrons. The Bertz CT molecular complexity index is 821. The van der Waals surface area contributed by atoms with E-state index < -0.39 is 11.9 Å². The molecule has 0 bridgehead atoms. The van der Waals surface area contributed by atoms with Crippen molar-refractivity contribution in [1.82, 2.24) is 0 Å². The molecule has 4 heteroatoms. The molecule has 1 aromatic rings. The first-order valence-corrected chi connectivity index (χ1v) is 15.9. The van der Waals surface area contributed by atoms with Gasteiger partial charge in [0.2, 0.25) is 0 Å². The first-order chi connectivity index (χ1) is 18.3. The van der Waals surface area contributed by atoms with Crippen LogP contribution >= 0.6 is 0 Å². The van der Waals surface area contributed by atoms with Crippen molar-refractivity contribution in [3.05, 3.63) is 28.8 Å². The predicted octanol–water partition coefficient (Wildman–Crippen LogP) is 10.1. The van der Waals surface area contributed by atoms with E-state index >= 15 is 0 Å². The average Bonchev–Trinajstić information content (AvgIpc) is 2.83. The maximum absolute atomic E-state index is 12.9. The van der Waals surface area contributed by atoms with Gasteiger partial charge in [-0.05, 0) is 40.4 Å². The topological polar surface area (TPSA) is 74.6 Å². The number of ketones is 1. The van der Waals surface area contributed by atoms with Crippen LogP contribution in [0.15, 0.2) is 12.1 Å². The van der Waals surface area contributed by atoms with Crippen molar-refractivity contribution in [2.45, 2.75) is 168 Å². The van der Waals surface area contributed by atoms with E-state index in [0.717, 1.165) is 36.0 Å². The molecule has 0 saturated heterocycles. The van der Waals surface area contributed by atoms with Crippen molar-refractivity contribution in [3.8, 4) is 5.75 Å². The zero-order valence-corrected chi connectivity index (χ0v) is 26.5. The van der Waals surface area contributed by atoms with Gasteiger partial charge >= 0.3 is 5.97 Å². The highest BCUT2D eigenvalue weighted by molar-refractivity contribution is 5.98. The van der Waals surface area contributed by atoms with E-state index in [9.17, 15) is 19.8 Å². The Morgan fingerprint density at radius 2 is 1.03 bits per heavy atom. The maximum atomic E-state index is 12.9. The molecule has 0 aromatic heterocycles. The summed E-state index contributed by atoms with van der Waals surface area (Å²) in [4.78, 5) is 25.0. The van der Waals surface area contributed by atoms with Gasteiger partial charge in [0.25, 0.3) is 0 Å². The summed E-state index contributed by atoms with van der Waals surface area (Å²) in [5.74, 6) is -2.00. The van der Waals surface area contributed by atoms with Crippen LogP contribution in [0, 0.1) is 5.92 Å². The highest BCUT2D eigenvalue weighted by Gasteiger charge is 2.30. The summed E-state index contributed by atoms with van der Waals surface area (Å²) in [5, 5.41) is 20.8. The van der Waals surface area contributed by atoms with Crippen molar-refractivity contribution < 1.29 is 19.8 Å². The molecule has 0 heterocycles. The average molecular weight is 545 g/mol. The Kier molecular flexibility index (Phi) is 16.0. The quantitative estimate of drug-likeness (QED) is 0.126. The van der Waals surface area contributed by atoms with E-state index in [4.69, 9.17) is 0 Å². The molecule has 1 rings (SSSR count). The fraction of sp³-hybridized carbons (Fsp3) is 0.771. The molecule has 0 saturated carbocycles. The van der Waals surface area contributed by atoms with E-state index in [2.05, 4.69) is 6.92 Å². The minimum absolute atomic E-state index is 0.166. The number of carbonyl (C=O) groups is 2. The Morgan fingerprint density at radius 1 is 0.667 bits per heavy atom. The smallest absolute Gasteiger partial charge is 0.314 e. The maximum Gasteiger partial charge on any atom is 0.314 e. The second-order valence-electron chi connectivity index (χ2n) is 13.8. The number of aliphatic carboxylic acids is 1. The molecule has 0 aliphatic carbocycles. The first kappa shape index (κ1) is 35.2. The predicted molar refractivity (Wildman–Crippen MR) is 165 cm³/mol. The van der Waals surface area contributed by atoms with Gasteiger partial charge in [-0.25, -0.2) is 0 Å². The number of carbonyl (C=O) groups excluding carboxylic acids is 1. The summed E-state index contributed by atoms with van der Waals surface area (Å²) in [6, 6.07) is 3.78. The molecule has 2 N–H and O–H groups in total. The van der Waals surface area contributed by atoms with E-state index in [0.29, 0.717) is 6.42 Å². The van der Waals surface area contributed by atoms with Crippen molar-refractivity contribution in [2.75, 3.05) is 0 Å². The number of hydrogen-bond acceptors (Lipinski definition) is 3. The molecular weight excluding hydrogens is 484 g/mol. The Balaban J connectivity index is 2.45. The molecule has 39 heavy (non-hydrogen) atoms. The van der Waals surface area contributed by atoms with Crippen LogP contribution < -0.4 is 0 Å². The monoisotopic (exact) mass is 544 g/mol. The SMILES string of the molecule is CCCCCCCCCCCCCCCCCC(=O)C(Cc1cc(C(C)(C)C)c(O)c(C(C)(C)C)c1)C(=O)O. The highest BCUT2D eigenvalue weighted by Crippen LogP contribution is 2.40. The summed E-state index contributed by atoms with van der Waals surface area (Å²) < 4.78 is 0. The minimum atomic E-state index is -1.05. The zero-order chi connectivity index (χ0) is 29.5. The fourth-order valence-corrected chi connectivity index (χ4v) is 5.37. The summed E-state index contributed by atoms with van der Waals surface area (Å²) in [5.41, 5.74) is 1.81. The van der Waals surface area contributed by atoms with Gasteiger partial charge in [0, 0.05) is 6.42 Å². The minimum Gasteiger partial charge on any atom is -0.507 e. The van der Waals surface area contributed by atoms with E-state index in [-0.39, 0.29) is 28.8 Å². The van der Waals surface area contributed by atoms with E-state index in [1.165, 1.54) is 77.0 Å². The van der Waals surface area contributed by atoms with Gasteiger partial charge in [-0.2, -0.15) is 0 Å². The Morgan fingerprint density at radius 3 is 1.36 bits per heavy atom. The Hall–Kier alpha value is -1.84. The summed E-state index contributed by atoms with van der Waals surface area (Å²) >= 11 is 0. The normalized spacial score (nSPS) is 13.0. The number of aromatic hydroxyl groups is 1. The van der Waals surface area contributed by atoms with Gasteiger partial charge in [0.1, 0.15) is 17.5 Å². The van der Waals surface area contributed by atoms with Crippen LogP contribution in [0.2, 0.25) is 0 Å². The second kappa shape index (κ2) is 17.8. The van der Waals surface area contributed by atoms with Gasteiger partial charge in [0.05, 0.1) is 0 Å². The van der Waals surface area contributed by atoms with Crippen LogP contribution in [-0.2, 0) is 26.8 Å². The van der Waals surface area contributed by atoms with Crippen LogP contribution in [0.4, 0.5) is 0 Å². The second-order valence-corrected chi connectivity index (χ2v) is 13.8. The molecule has 0 radical (unpaired) electrons. The van der Waals surface area contributed by atoms with Crippen LogP contribution in [0.25, 0.3) is 0 Å². The van der Waals surface area contributed by atoms with Gasteiger partial charge in [-0.3, -0.25) is 9.59 Å². The lowest BCUT2D eigenvalue weighted by atomic mass is 9.77. The van der Waals surface area contributed by atoms with E-state index in [1.54, 1.807) is 0 Å². The number of hydrogen-bond donors (Lipinski definition) is 2. The van der Waals surface area contributed by atoms with Gasteiger partial charge in [-0.15, -0.1) is 0 Å². The number of carboxylic acid groups (broad SMARTS) is 1. The number of unbranched alkanes of at least 4 members (excludes halogenated alkanes) is 14. The molecule has 0 aliphatic heterocycles. The summed E-state index contributed by atoms with van der Waals surface area (Å²) in [6.07, 6.45) is 19.4. The van der Waals surface area contributed by atoms with Crippen molar-refractivity contribution >= 4 is 11.8 Å². The third kappa shape index (κ3) is 13.9. The molecule has 1 atom stereocenters. The lowest BCUT2D eigenvalue weighted by molar-refractivity contribution is -0.146. The lowest BCUT2D eigenvalue weighted by Gasteiger charge is -2.28. The largest absolute Gasteiger partial charge is 0.507 e. The van der Waals surface area contributed by atoms with Crippen LogP contribution in [0.5, 0.6) is 5.75 Å². The van der Waals surface area contributed by atoms with Crippen molar-refractivity contribution in [1.29, 1.82) is 0 Å². The number of rotatable bonds is 20. The number of phenols is 1. The van der Waals surface area contributed by atoms with Gasteiger partial charge < -0.3 is 10.2 Å². The molecular formula is C35H60O4. The molecule has 4 nitrogen and oxygen atoms in total. The molecule has 1 aromatic carbocycles. The highest BCUT2D eigenvalue weighted by atomic mass is 16.4. The summed E-state index contributed by atoms with van der Waals surface area (Å²) in [6.45, 7) is 14.5. The fourth-order valence-electron chi connectivity index (χ4n) is 5.37. The molecule has 0 aliphatic rings. The number of benzene rings is 1.